The molecule has 4 rings (SSSR count). The van der Waals surface area contributed by atoms with Gasteiger partial charge in [-0.1, -0.05) is 6.92 Å². The summed E-state index contributed by atoms with van der Waals surface area (Å²) in [6.45, 7) is 4.45. The Bertz CT molecular complexity index is 770. The number of aromatic nitrogens is 3. The zero-order valence-corrected chi connectivity index (χ0v) is 14.1. The monoisotopic (exact) mass is 326 g/mol. The molecule has 0 bridgehead atoms. The van der Waals surface area contributed by atoms with Gasteiger partial charge in [0.25, 0.3) is 0 Å². The van der Waals surface area contributed by atoms with Crippen LogP contribution < -0.4 is 4.74 Å². The van der Waals surface area contributed by atoms with Gasteiger partial charge in [-0.05, 0) is 18.4 Å². The maximum absolute atomic E-state index is 12.5. The van der Waals surface area contributed by atoms with E-state index in [0.717, 1.165) is 49.6 Å². The standard InChI is InChI=1S/C18H22N4O2/c1-12-9-14(12)18(23)21-6-4-16-20-11-15(22(16)8-7-21)13-3-5-19-17(10-13)24-2/h3,5,10-12,14H,4,6-9H2,1-2H3/t12-,14-/m1/s1. The fourth-order valence-corrected chi connectivity index (χ4v) is 3.46. The molecule has 2 aromatic heterocycles. The second-order valence-electron chi connectivity index (χ2n) is 6.69. The summed E-state index contributed by atoms with van der Waals surface area (Å²) in [5.41, 5.74) is 2.09. The van der Waals surface area contributed by atoms with Crippen LogP contribution in [-0.4, -0.2) is 45.5 Å². The molecule has 1 aliphatic heterocycles. The third-order valence-electron chi connectivity index (χ3n) is 5.12. The number of carbonyl (C=O) groups excluding carboxylic acids is 1. The Kier molecular flexibility index (Phi) is 3.75. The van der Waals surface area contributed by atoms with Crippen molar-refractivity contribution in [3.63, 3.8) is 0 Å². The average molecular weight is 326 g/mol. The molecule has 1 amide bonds. The van der Waals surface area contributed by atoms with Crippen LogP contribution in [0.5, 0.6) is 5.88 Å². The minimum atomic E-state index is 0.249. The van der Waals surface area contributed by atoms with Gasteiger partial charge in [-0.15, -0.1) is 0 Å². The summed E-state index contributed by atoms with van der Waals surface area (Å²) < 4.78 is 7.44. The van der Waals surface area contributed by atoms with Crippen LogP contribution in [0.25, 0.3) is 11.3 Å². The van der Waals surface area contributed by atoms with E-state index in [4.69, 9.17) is 4.74 Å². The molecule has 0 saturated heterocycles. The van der Waals surface area contributed by atoms with Crippen molar-refractivity contribution in [1.82, 2.24) is 19.4 Å². The molecule has 2 atom stereocenters. The third kappa shape index (κ3) is 2.66. The molecule has 0 unspecified atom stereocenters. The molecule has 0 aromatic carbocycles. The van der Waals surface area contributed by atoms with Crippen LogP contribution in [0.15, 0.2) is 24.5 Å². The predicted octanol–water partition coefficient (Wildman–Crippen LogP) is 1.99. The third-order valence-corrected chi connectivity index (χ3v) is 5.12. The van der Waals surface area contributed by atoms with Gasteiger partial charge in [0.2, 0.25) is 11.8 Å². The number of imidazole rings is 1. The minimum absolute atomic E-state index is 0.249. The van der Waals surface area contributed by atoms with E-state index >= 15 is 0 Å². The predicted molar refractivity (Wildman–Crippen MR) is 89.6 cm³/mol. The Hall–Kier alpha value is -2.37. The van der Waals surface area contributed by atoms with E-state index in [2.05, 4.69) is 21.5 Å². The molecule has 1 saturated carbocycles. The average Bonchev–Trinajstić information content (AvgIpc) is 3.27. The van der Waals surface area contributed by atoms with Gasteiger partial charge in [0.15, 0.2) is 0 Å². The zero-order valence-electron chi connectivity index (χ0n) is 14.1. The van der Waals surface area contributed by atoms with E-state index in [1.807, 2.05) is 23.2 Å². The highest BCUT2D eigenvalue weighted by Crippen LogP contribution is 2.39. The molecule has 0 radical (unpaired) electrons. The van der Waals surface area contributed by atoms with Gasteiger partial charge in [-0.25, -0.2) is 9.97 Å². The van der Waals surface area contributed by atoms with Crippen LogP contribution in [0, 0.1) is 11.8 Å². The van der Waals surface area contributed by atoms with E-state index in [0.29, 0.717) is 17.7 Å². The van der Waals surface area contributed by atoms with Crippen LogP contribution in [0.1, 0.15) is 19.2 Å². The number of pyridine rings is 1. The molecule has 126 valence electrons. The van der Waals surface area contributed by atoms with Gasteiger partial charge in [0, 0.05) is 49.8 Å². The molecule has 24 heavy (non-hydrogen) atoms. The van der Waals surface area contributed by atoms with Crippen LogP contribution >= 0.6 is 0 Å². The lowest BCUT2D eigenvalue weighted by molar-refractivity contribution is -0.132. The van der Waals surface area contributed by atoms with Gasteiger partial charge in [-0.3, -0.25) is 4.79 Å². The highest BCUT2D eigenvalue weighted by atomic mass is 16.5. The van der Waals surface area contributed by atoms with Crippen molar-refractivity contribution in [3.05, 3.63) is 30.4 Å². The lowest BCUT2D eigenvalue weighted by atomic mass is 10.2. The van der Waals surface area contributed by atoms with Gasteiger partial charge in [0.1, 0.15) is 5.82 Å². The lowest BCUT2D eigenvalue weighted by Crippen LogP contribution is -2.35. The number of hydrogen-bond acceptors (Lipinski definition) is 4. The van der Waals surface area contributed by atoms with Crippen molar-refractivity contribution in [2.45, 2.75) is 26.3 Å². The van der Waals surface area contributed by atoms with E-state index in [-0.39, 0.29) is 5.92 Å². The first-order valence-corrected chi connectivity index (χ1v) is 8.51. The summed E-state index contributed by atoms with van der Waals surface area (Å²) in [6, 6.07) is 3.89. The summed E-state index contributed by atoms with van der Waals surface area (Å²) >= 11 is 0. The second-order valence-corrected chi connectivity index (χ2v) is 6.69. The van der Waals surface area contributed by atoms with Crippen molar-refractivity contribution in [2.75, 3.05) is 20.2 Å². The van der Waals surface area contributed by atoms with Crippen LogP contribution in [0.2, 0.25) is 0 Å². The Morgan fingerprint density at radius 1 is 1.29 bits per heavy atom. The smallest absolute Gasteiger partial charge is 0.226 e. The van der Waals surface area contributed by atoms with Crippen molar-refractivity contribution < 1.29 is 9.53 Å². The van der Waals surface area contributed by atoms with Crippen molar-refractivity contribution >= 4 is 5.91 Å². The molecule has 2 aliphatic rings. The molecule has 3 heterocycles. The van der Waals surface area contributed by atoms with E-state index < -0.39 is 0 Å². The first-order chi connectivity index (χ1) is 11.7. The summed E-state index contributed by atoms with van der Waals surface area (Å²) in [6.07, 6.45) is 5.50. The van der Waals surface area contributed by atoms with Gasteiger partial charge < -0.3 is 14.2 Å². The molecule has 0 spiro atoms. The van der Waals surface area contributed by atoms with Crippen LogP contribution in [0.4, 0.5) is 0 Å². The van der Waals surface area contributed by atoms with Crippen LogP contribution in [0.3, 0.4) is 0 Å². The van der Waals surface area contributed by atoms with Gasteiger partial charge >= 0.3 is 0 Å². The Morgan fingerprint density at radius 2 is 2.12 bits per heavy atom. The van der Waals surface area contributed by atoms with Crippen molar-refractivity contribution in [3.8, 4) is 17.1 Å². The number of rotatable bonds is 3. The molecule has 2 aromatic rings. The van der Waals surface area contributed by atoms with E-state index in [1.165, 1.54) is 0 Å². The van der Waals surface area contributed by atoms with Gasteiger partial charge in [0.05, 0.1) is 19.0 Å². The maximum Gasteiger partial charge on any atom is 0.226 e. The minimum Gasteiger partial charge on any atom is -0.481 e. The summed E-state index contributed by atoms with van der Waals surface area (Å²) in [7, 11) is 1.62. The van der Waals surface area contributed by atoms with E-state index in [9.17, 15) is 4.79 Å². The summed E-state index contributed by atoms with van der Waals surface area (Å²) in [4.78, 5) is 23.3. The Balaban J connectivity index is 1.56. The summed E-state index contributed by atoms with van der Waals surface area (Å²) in [5.74, 6) is 2.76. The van der Waals surface area contributed by atoms with Gasteiger partial charge in [-0.2, -0.15) is 0 Å². The normalized spacial score (nSPS) is 22.7. The number of nitrogens with zero attached hydrogens (tertiary/aromatic N) is 4. The number of fused-ring (bicyclic) bond motifs is 1. The van der Waals surface area contributed by atoms with Crippen molar-refractivity contribution in [2.24, 2.45) is 11.8 Å². The van der Waals surface area contributed by atoms with Crippen LogP contribution in [-0.2, 0) is 17.8 Å². The van der Waals surface area contributed by atoms with E-state index in [1.54, 1.807) is 13.3 Å². The number of ether oxygens (including phenoxy) is 1. The second kappa shape index (κ2) is 5.92. The Morgan fingerprint density at radius 3 is 2.88 bits per heavy atom. The highest BCUT2D eigenvalue weighted by molar-refractivity contribution is 5.81. The molecular formula is C18H22N4O2. The maximum atomic E-state index is 12.5. The molecule has 1 aliphatic carbocycles. The highest BCUT2D eigenvalue weighted by Gasteiger charge is 2.41. The summed E-state index contributed by atoms with van der Waals surface area (Å²) in [5, 5.41) is 0. The lowest BCUT2D eigenvalue weighted by Gasteiger charge is -2.20. The first-order valence-electron chi connectivity index (χ1n) is 8.51. The number of hydrogen-bond donors (Lipinski definition) is 0. The molecular weight excluding hydrogens is 304 g/mol. The fourth-order valence-electron chi connectivity index (χ4n) is 3.46. The first kappa shape index (κ1) is 15.2. The number of carbonyl (C=O) groups is 1. The Labute approximate surface area is 141 Å². The molecule has 6 heteroatoms. The SMILES string of the molecule is COc1cc(-c2cnc3n2CCN(C(=O)[C@@H]2C[C@H]2C)CC3)ccn1. The van der Waals surface area contributed by atoms with Crippen molar-refractivity contribution in [1.29, 1.82) is 0 Å². The largest absolute Gasteiger partial charge is 0.481 e. The zero-order chi connectivity index (χ0) is 16.7. The topological polar surface area (TPSA) is 60.2 Å². The molecule has 1 fully saturated rings. The quantitative estimate of drug-likeness (QED) is 0.865. The number of methoxy groups -OCH3 is 1. The number of amides is 1. The molecule has 0 N–H and O–H groups in total. The fraction of sp³-hybridized carbons (Fsp3) is 0.500. The molecule has 6 nitrogen and oxygen atoms in total.